The molecule has 0 aliphatic heterocycles. The molecule has 0 radical (unpaired) electrons. The number of benzene rings is 1. The smallest absolute Gasteiger partial charge is 0.262 e. The number of anilines is 1. The van der Waals surface area contributed by atoms with Gasteiger partial charge in [-0.3, -0.25) is 4.79 Å². The standard InChI is InChI=1S/C18H25N3O2/c1-4-17(22)13-20-18(23)15(12-19)11-14-7-9-16(10-8-14)21(5-2)6-3/h7-11,17,22H,4-6,13H2,1-3H3,(H,20,23)/b15-11+. The van der Waals surface area contributed by atoms with Gasteiger partial charge in [-0.25, -0.2) is 0 Å². The molecule has 5 nitrogen and oxygen atoms in total. The zero-order valence-electron chi connectivity index (χ0n) is 14.0. The van der Waals surface area contributed by atoms with E-state index in [4.69, 9.17) is 5.26 Å². The number of rotatable bonds is 8. The van der Waals surface area contributed by atoms with Crippen LogP contribution in [0.3, 0.4) is 0 Å². The van der Waals surface area contributed by atoms with Gasteiger partial charge in [-0.2, -0.15) is 5.26 Å². The van der Waals surface area contributed by atoms with Crippen molar-refractivity contribution in [3.63, 3.8) is 0 Å². The quantitative estimate of drug-likeness (QED) is 0.570. The molecule has 1 rings (SSSR count). The van der Waals surface area contributed by atoms with Crippen LogP contribution >= 0.6 is 0 Å². The second kappa shape index (κ2) is 9.65. The van der Waals surface area contributed by atoms with Crippen LogP contribution in [0.25, 0.3) is 6.08 Å². The summed E-state index contributed by atoms with van der Waals surface area (Å²) >= 11 is 0. The molecule has 23 heavy (non-hydrogen) atoms. The van der Waals surface area contributed by atoms with Gasteiger partial charge in [0, 0.05) is 25.3 Å². The van der Waals surface area contributed by atoms with E-state index in [0.717, 1.165) is 24.3 Å². The van der Waals surface area contributed by atoms with Crippen LogP contribution in [0.1, 0.15) is 32.8 Å². The largest absolute Gasteiger partial charge is 0.391 e. The lowest BCUT2D eigenvalue weighted by Gasteiger charge is -2.20. The first kappa shape index (κ1) is 18.7. The molecule has 0 fully saturated rings. The summed E-state index contributed by atoms with van der Waals surface area (Å²) in [6, 6.07) is 9.64. The maximum atomic E-state index is 11.9. The minimum atomic E-state index is -0.591. The Morgan fingerprint density at radius 2 is 1.91 bits per heavy atom. The topological polar surface area (TPSA) is 76.4 Å². The second-order valence-corrected chi connectivity index (χ2v) is 5.21. The van der Waals surface area contributed by atoms with Gasteiger partial charge in [-0.15, -0.1) is 0 Å². The van der Waals surface area contributed by atoms with Crippen LogP contribution in [0.2, 0.25) is 0 Å². The number of carbonyl (C=O) groups excluding carboxylic acids is 1. The molecule has 0 heterocycles. The van der Waals surface area contributed by atoms with E-state index in [1.807, 2.05) is 37.3 Å². The van der Waals surface area contributed by atoms with Gasteiger partial charge in [0.1, 0.15) is 11.6 Å². The molecule has 0 saturated carbocycles. The Hall–Kier alpha value is -2.32. The van der Waals surface area contributed by atoms with Crippen LogP contribution in [-0.2, 0) is 4.79 Å². The van der Waals surface area contributed by atoms with Crippen LogP contribution in [0, 0.1) is 11.3 Å². The molecule has 0 aliphatic rings. The van der Waals surface area contributed by atoms with Gasteiger partial charge in [-0.1, -0.05) is 19.1 Å². The number of hydrogen-bond acceptors (Lipinski definition) is 4. The maximum Gasteiger partial charge on any atom is 0.262 e. The Bertz CT molecular complexity index is 569. The molecule has 0 aliphatic carbocycles. The Balaban J connectivity index is 2.82. The first-order chi connectivity index (χ1) is 11.0. The van der Waals surface area contributed by atoms with Crippen molar-refractivity contribution < 1.29 is 9.90 Å². The third-order valence-electron chi connectivity index (χ3n) is 3.67. The fourth-order valence-corrected chi connectivity index (χ4v) is 2.14. The van der Waals surface area contributed by atoms with Crippen molar-refractivity contribution in [3.8, 4) is 6.07 Å². The van der Waals surface area contributed by atoms with Gasteiger partial charge < -0.3 is 15.3 Å². The first-order valence-electron chi connectivity index (χ1n) is 7.98. The molecule has 2 N–H and O–H groups in total. The highest BCUT2D eigenvalue weighted by atomic mass is 16.3. The van der Waals surface area contributed by atoms with Crippen molar-refractivity contribution in [1.29, 1.82) is 5.26 Å². The molecule has 0 bridgehead atoms. The Kier molecular flexibility index (Phi) is 7.86. The number of nitrogens with zero attached hydrogens (tertiary/aromatic N) is 2. The van der Waals surface area contributed by atoms with Gasteiger partial charge in [0.15, 0.2) is 0 Å². The molecular weight excluding hydrogens is 290 g/mol. The van der Waals surface area contributed by atoms with Crippen molar-refractivity contribution in [2.75, 3.05) is 24.5 Å². The SMILES string of the molecule is CCC(O)CNC(=O)/C(C#N)=C/c1ccc(N(CC)CC)cc1. The minimum Gasteiger partial charge on any atom is -0.391 e. The molecule has 1 atom stereocenters. The number of amides is 1. The molecule has 0 saturated heterocycles. The summed E-state index contributed by atoms with van der Waals surface area (Å²) < 4.78 is 0. The fraction of sp³-hybridized carbons (Fsp3) is 0.444. The van der Waals surface area contributed by atoms with E-state index in [9.17, 15) is 9.90 Å². The molecule has 5 heteroatoms. The van der Waals surface area contributed by atoms with Gasteiger partial charge >= 0.3 is 0 Å². The summed E-state index contributed by atoms with van der Waals surface area (Å²) in [4.78, 5) is 14.2. The van der Waals surface area contributed by atoms with Crippen LogP contribution in [0.4, 0.5) is 5.69 Å². The molecule has 0 aromatic heterocycles. The van der Waals surface area contributed by atoms with E-state index < -0.39 is 12.0 Å². The minimum absolute atomic E-state index is 0.0314. The zero-order valence-corrected chi connectivity index (χ0v) is 14.0. The molecule has 0 spiro atoms. The van der Waals surface area contributed by atoms with E-state index in [1.54, 1.807) is 6.08 Å². The number of nitrogens with one attached hydrogen (secondary N) is 1. The third-order valence-corrected chi connectivity index (χ3v) is 3.67. The van der Waals surface area contributed by atoms with Gasteiger partial charge in [-0.05, 0) is 44.0 Å². The van der Waals surface area contributed by atoms with E-state index in [1.165, 1.54) is 0 Å². The summed E-state index contributed by atoms with van der Waals surface area (Å²) in [6.07, 6.45) is 1.52. The van der Waals surface area contributed by atoms with Crippen molar-refractivity contribution >= 4 is 17.7 Å². The molecule has 1 aromatic carbocycles. The number of aliphatic hydroxyl groups excluding tert-OH is 1. The normalized spacial score (nSPS) is 12.4. The first-order valence-corrected chi connectivity index (χ1v) is 7.98. The zero-order chi connectivity index (χ0) is 17.2. The van der Waals surface area contributed by atoms with Crippen molar-refractivity contribution in [3.05, 3.63) is 35.4 Å². The number of nitriles is 1. The number of aliphatic hydroxyl groups is 1. The highest BCUT2D eigenvalue weighted by Crippen LogP contribution is 2.16. The highest BCUT2D eigenvalue weighted by Gasteiger charge is 2.10. The Morgan fingerprint density at radius 3 is 2.39 bits per heavy atom. The summed E-state index contributed by atoms with van der Waals surface area (Å²) in [5.41, 5.74) is 1.94. The summed E-state index contributed by atoms with van der Waals surface area (Å²) in [6.45, 7) is 8.03. The molecule has 1 aromatic rings. The lowest BCUT2D eigenvalue weighted by Crippen LogP contribution is -2.32. The van der Waals surface area contributed by atoms with Crippen LogP contribution in [0.5, 0.6) is 0 Å². The molecule has 1 amide bonds. The average Bonchev–Trinajstić information content (AvgIpc) is 2.59. The lowest BCUT2D eigenvalue weighted by molar-refractivity contribution is -0.117. The van der Waals surface area contributed by atoms with Crippen molar-refractivity contribution in [1.82, 2.24) is 5.32 Å². The number of hydrogen-bond donors (Lipinski definition) is 2. The molecular formula is C18H25N3O2. The maximum absolute atomic E-state index is 11.9. The molecule has 124 valence electrons. The number of carbonyl (C=O) groups is 1. The van der Waals surface area contributed by atoms with E-state index in [-0.39, 0.29) is 12.1 Å². The fourth-order valence-electron chi connectivity index (χ4n) is 2.14. The predicted molar refractivity (Wildman–Crippen MR) is 92.9 cm³/mol. The highest BCUT2D eigenvalue weighted by molar-refractivity contribution is 6.01. The van der Waals surface area contributed by atoms with Crippen molar-refractivity contribution in [2.45, 2.75) is 33.3 Å². The van der Waals surface area contributed by atoms with E-state index in [2.05, 4.69) is 24.1 Å². The van der Waals surface area contributed by atoms with Gasteiger partial charge in [0.25, 0.3) is 5.91 Å². The Labute approximate surface area is 138 Å². The van der Waals surface area contributed by atoms with Crippen molar-refractivity contribution in [2.24, 2.45) is 0 Å². The summed E-state index contributed by atoms with van der Waals surface area (Å²) in [7, 11) is 0. The monoisotopic (exact) mass is 315 g/mol. The third kappa shape index (κ3) is 5.76. The van der Waals surface area contributed by atoms with Crippen LogP contribution in [0.15, 0.2) is 29.8 Å². The second-order valence-electron chi connectivity index (χ2n) is 5.21. The van der Waals surface area contributed by atoms with E-state index in [0.29, 0.717) is 6.42 Å². The lowest BCUT2D eigenvalue weighted by atomic mass is 10.1. The summed E-state index contributed by atoms with van der Waals surface area (Å²) in [5.74, 6) is -0.465. The summed E-state index contributed by atoms with van der Waals surface area (Å²) in [5, 5.41) is 21.2. The van der Waals surface area contributed by atoms with Crippen LogP contribution in [-0.4, -0.2) is 36.8 Å². The van der Waals surface area contributed by atoms with Gasteiger partial charge in [0.2, 0.25) is 0 Å². The van der Waals surface area contributed by atoms with Crippen LogP contribution < -0.4 is 10.2 Å². The predicted octanol–water partition coefficient (Wildman–Crippen LogP) is 2.33. The Morgan fingerprint density at radius 1 is 1.30 bits per heavy atom. The molecule has 1 unspecified atom stereocenters. The van der Waals surface area contributed by atoms with E-state index >= 15 is 0 Å². The van der Waals surface area contributed by atoms with Gasteiger partial charge in [0.05, 0.1) is 6.10 Å². The average molecular weight is 315 g/mol.